The van der Waals surface area contributed by atoms with Gasteiger partial charge in [0.1, 0.15) is 0 Å². The van der Waals surface area contributed by atoms with E-state index in [-0.39, 0.29) is 24.0 Å². The van der Waals surface area contributed by atoms with Gasteiger partial charge in [-0.15, -0.1) is 24.0 Å². The van der Waals surface area contributed by atoms with Crippen molar-refractivity contribution in [1.82, 2.24) is 20.3 Å². The van der Waals surface area contributed by atoms with Crippen LogP contribution in [0, 0.1) is 0 Å². The lowest BCUT2D eigenvalue weighted by atomic mass is 10.2. The Hall–Kier alpha value is -0.130. The lowest BCUT2D eigenvalue weighted by Gasteiger charge is -2.20. The molecule has 0 aromatic heterocycles. The molecule has 130 valence electrons. The maximum absolute atomic E-state index is 11.0. The summed E-state index contributed by atoms with van der Waals surface area (Å²) in [4.78, 5) is 6.77. The van der Waals surface area contributed by atoms with Crippen molar-refractivity contribution in [2.45, 2.75) is 44.3 Å². The van der Waals surface area contributed by atoms with Crippen LogP contribution in [-0.2, 0) is 10.0 Å². The van der Waals surface area contributed by atoms with Crippen molar-refractivity contribution in [3.05, 3.63) is 0 Å². The van der Waals surface area contributed by atoms with E-state index < -0.39 is 10.0 Å². The molecule has 7 nitrogen and oxygen atoms in total. The lowest BCUT2D eigenvalue weighted by Crippen LogP contribution is -2.46. The van der Waals surface area contributed by atoms with Crippen molar-refractivity contribution in [2.24, 2.45) is 4.99 Å². The molecule has 2 rings (SSSR count). The Morgan fingerprint density at radius 1 is 1.32 bits per heavy atom. The molecule has 9 heteroatoms. The number of nitrogens with one attached hydrogen (secondary N) is 3. The third-order valence-corrected chi connectivity index (χ3v) is 4.71. The molecule has 1 saturated heterocycles. The van der Waals surface area contributed by atoms with Crippen molar-refractivity contribution in [3.8, 4) is 0 Å². The van der Waals surface area contributed by atoms with Crippen LogP contribution < -0.4 is 15.4 Å². The summed E-state index contributed by atoms with van der Waals surface area (Å²) in [7, 11) is -1.39. The van der Waals surface area contributed by atoms with E-state index in [0.717, 1.165) is 31.2 Å². The summed E-state index contributed by atoms with van der Waals surface area (Å²) in [6.07, 6.45) is 4.95. The maximum Gasteiger partial charge on any atom is 0.208 e. The van der Waals surface area contributed by atoms with Gasteiger partial charge in [-0.25, -0.2) is 13.1 Å². The van der Waals surface area contributed by atoms with E-state index in [0.29, 0.717) is 25.2 Å². The summed E-state index contributed by atoms with van der Waals surface area (Å²) in [5.74, 6) is 0.736. The highest BCUT2D eigenvalue weighted by Gasteiger charge is 2.38. The number of nitrogens with zero attached hydrogens (tertiary/aromatic N) is 2. The van der Waals surface area contributed by atoms with Crippen LogP contribution in [0.2, 0.25) is 0 Å². The van der Waals surface area contributed by atoms with E-state index in [1.165, 1.54) is 12.8 Å². The van der Waals surface area contributed by atoms with Crippen LogP contribution >= 0.6 is 24.0 Å². The number of aliphatic imine (C=N–C) groups is 1. The summed E-state index contributed by atoms with van der Waals surface area (Å²) in [6.45, 7) is 4.22. The van der Waals surface area contributed by atoms with Crippen LogP contribution in [0.1, 0.15) is 26.2 Å². The second kappa shape index (κ2) is 8.65. The van der Waals surface area contributed by atoms with Crippen LogP contribution in [0.4, 0.5) is 0 Å². The molecule has 3 N–H and O–H groups in total. The Labute approximate surface area is 150 Å². The first kappa shape index (κ1) is 19.9. The third kappa shape index (κ3) is 6.55. The Morgan fingerprint density at radius 2 is 2.00 bits per heavy atom. The van der Waals surface area contributed by atoms with Gasteiger partial charge in [-0.1, -0.05) is 0 Å². The first-order valence-corrected chi connectivity index (χ1v) is 9.45. The fourth-order valence-electron chi connectivity index (χ4n) is 2.88. The standard InChI is InChI=1S/C13H27N5O2S.HI/c1-10-8-11(9-18(10)12-4-5-12)17-13(14-2)15-6-7-16-21(3,19)20;/h10-12,16H,4-9H2,1-3H3,(H2,14,15,17);1H. The molecule has 1 aliphatic carbocycles. The van der Waals surface area contributed by atoms with Gasteiger partial charge in [0.2, 0.25) is 10.0 Å². The third-order valence-electron chi connectivity index (χ3n) is 3.99. The highest BCUT2D eigenvalue weighted by molar-refractivity contribution is 14.0. The monoisotopic (exact) mass is 445 g/mol. The number of rotatable bonds is 6. The van der Waals surface area contributed by atoms with E-state index >= 15 is 0 Å². The highest BCUT2D eigenvalue weighted by Crippen LogP contribution is 2.33. The summed E-state index contributed by atoms with van der Waals surface area (Å²) >= 11 is 0. The second-order valence-electron chi connectivity index (χ2n) is 6.02. The van der Waals surface area contributed by atoms with Crippen molar-refractivity contribution >= 4 is 40.0 Å². The van der Waals surface area contributed by atoms with Gasteiger partial charge in [0, 0.05) is 44.8 Å². The fourth-order valence-corrected chi connectivity index (χ4v) is 3.35. The van der Waals surface area contributed by atoms with Crippen LogP contribution in [-0.4, -0.2) is 70.3 Å². The summed E-state index contributed by atoms with van der Waals surface area (Å²) in [5, 5.41) is 6.56. The van der Waals surface area contributed by atoms with E-state index in [2.05, 4.69) is 32.2 Å². The first-order chi connectivity index (χ1) is 9.89. The van der Waals surface area contributed by atoms with Crippen LogP contribution in [0.3, 0.4) is 0 Å². The zero-order valence-electron chi connectivity index (χ0n) is 13.5. The summed E-state index contributed by atoms with van der Waals surface area (Å²) < 4.78 is 24.4. The van der Waals surface area contributed by atoms with E-state index in [4.69, 9.17) is 0 Å². The number of hydrogen-bond donors (Lipinski definition) is 3. The average molecular weight is 445 g/mol. The van der Waals surface area contributed by atoms with Crippen LogP contribution in [0.5, 0.6) is 0 Å². The zero-order chi connectivity index (χ0) is 15.5. The van der Waals surface area contributed by atoms with Crippen molar-refractivity contribution < 1.29 is 8.42 Å². The molecular formula is C13H28IN5O2S. The minimum absolute atomic E-state index is 0. The van der Waals surface area contributed by atoms with Crippen molar-refractivity contribution in [3.63, 3.8) is 0 Å². The van der Waals surface area contributed by atoms with Gasteiger partial charge in [0.15, 0.2) is 5.96 Å². The van der Waals surface area contributed by atoms with Gasteiger partial charge in [0.05, 0.1) is 6.26 Å². The molecule has 2 fully saturated rings. The van der Waals surface area contributed by atoms with Crippen molar-refractivity contribution in [2.75, 3.05) is 32.9 Å². The molecule has 0 amide bonds. The van der Waals surface area contributed by atoms with Gasteiger partial charge < -0.3 is 10.6 Å². The SMILES string of the molecule is CN=C(NCCNS(C)(=O)=O)NC1CC(C)N(C2CC2)C1.I. The average Bonchev–Trinajstić information content (AvgIpc) is 3.16. The fraction of sp³-hybridized carbons (Fsp3) is 0.923. The molecule has 0 aromatic rings. The highest BCUT2D eigenvalue weighted by atomic mass is 127. The minimum Gasteiger partial charge on any atom is -0.355 e. The van der Waals surface area contributed by atoms with Crippen molar-refractivity contribution in [1.29, 1.82) is 0 Å². The van der Waals surface area contributed by atoms with Gasteiger partial charge >= 0.3 is 0 Å². The molecule has 0 radical (unpaired) electrons. The Morgan fingerprint density at radius 3 is 2.55 bits per heavy atom. The molecule has 0 aromatic carbocycles. The lowest BCUT2D eigenvalue weighted by molar-refractivity contribution is 0.256. The molecule has 2 aliphatic rings. The summed E-state index contributed by atoms with van der Waals surface area (Å²) in [6, 6.07) is 1.83. The molecule has 2 atom stereocenters. The molecule has 0 spiro atoms. The molecule has 2 unspecified atom stereocenters. The van der Waals surface area contributed by atoms with Gasteiger partial charge in [-0.3, -0.25) is 9.89 Å². The van der Waals surface area contributed by atoms with E-state index in [1.807, 2.05) is 0 Å². The number of hydrogen-bond acceptors (Lipinski definition) is 4. The quantitative estimate of drug-likeness (QED) is 0.231. The minimum atomic E-state index is -3.13. The topological polar surface area (TPSA) is 85.8 Å². The predicted octanol–water partition coefficient (Wildman–Crippen LogP) is -0.0562. The smallest absolute Gasteiger partial charge is 0.208 e. The van der Waals surface area contributed by atoms with E-state index in [1.54, 1.807) is 7.05 Å². The maximum atomic E-state index is 11.0. The number of sulfonamides is 1. The molecule has 1 aliphatic heterocycles. The van der Waals surface area contributed by atoms with Gasteiger partial charge in [-0.05, 0) is 26.2 Å². The first-order valence-electron chi connectivity index (χ1n) is 7.56. The second-order valence-corrected chi connectivity index (χ2v) is 7.85. The van der Waals surface area contributed by atoms with Gasteiger partial charge in [-0.2, -0.15) is 0 Å². The van der Waals surface area contributed by atoms with Crippen LogP contribution in [0.15, 0.2) is 4.99 Å². The Kier molecular flexibility index (Phi) is 7.83. The molecule has 0 bridgehead atoms. The number of guanidine groups is 1. The molecule has 1 saturated carbocycles. The summed E-state index contributed by atoms with van der Waals surface area (Å²) in [5.41, 5.74) is 0. The Bertz CT molecular complexity index is 481. The van der Waals surface area contributed by atoms with Gasteiger partial charge in [0.25, 0.3) is 0 Å². The Balaban J connectivity index is 0.00000242. The molecule has 22 heavy (non-hydrogen) atoms. The van der Waals surface area contributed by atoms with E-state index in [9.17, 15) is 8.42 Å². The van der Waals surface area contributed by atoms with Crippen LogP contribution in [0.25, 0.3) is 0 Å². The largest absolute Gasteiger partial charge is 0.355 e. The number of halogens is 1. The number of likely N-dealkylation sites (tertiary alicyclic amines) is 1. The molecule has 1 heterocycles. The normalized spacial score (nSPS) is 26.6. The predicted molar refractivity (Wildman–Crippen MR) is 100 cm³/mol. The zero-order valence-corrected chi connectivity index (χ0v) is 16.6. The molecular weight excluding hydrogens is 417 g/mol.